The van der Waals surface area contributed by atoms with Gasteiger partial charge in [-0.25, -0.2) is 4.98 Å². The van der Waals surface area contributed by atoms with Gasteiger partial charge in [-0.05, 0) is 38.1 Å². The molecule has 1 aliphatic rings. The van der Waals surface area contributed by atoms with E-state index in [1.807, 2.05) is 11.4 Å². The largest absolute Gasteiger partial charge is 0.508 e. The third-order valence-electron chi connectivity index (χ3n) is 3.59. The summed E-state index contributed by atoms with van der Waals surface area (Å²) >= 11 is 1.40. The highest BCUT2D eigenvalue weighted by Crippen LogP contribution is 2.27. The summed E-state index contributed by atoms with van der Waals surface area (Å²) in [5.74, 6) is 0.327. The second kappa shape index (κ2) is 7.58. The van der Waals surface area contributed by atoms with E-state index in [0.717, 1.165) is 37.2 Å². The second-order valence-electron chi connectivity index (χ2n) is 5.10. The number of halogens is 1. The topological polar surface area (TPSA) is 74.2 Å². The minimum atomic E-state index is 0. The summed E-state index contributed by atoms with van der Waals surface area (Å²) in [7, 11) is 0. The average Bonchev–Trinajstić information content (AvgIpc) is 2.97. The molecule has 2 aromatic rings. The minimum absolute atomic E-state index is 0. The van der Waals surface area contributed by atoms with Gasteiger partial charge < -0.3 is 15.7 Å². The van der Waals surface area contributed by atoms with Crippen LogP contribution in [-0.2, 0) is 4.79 Å². The second-order valence-corrected chi connectivity index (χ2v) is 5.96. The van der Waals surface area contributed by atoms with Crippen molar-refractivity contribution in [2.45, 2.75) is 12.8 Å². The van der Waals surface area contributed by atoms with Gasteiger partial charge in [0.2, 0.25) is 5.91 Å². The lowest BCUT2D eigenvalue weighted by Gasteiger charge is -2.20. The molecule has 1 saturated heterocycles. The molecule has 0 aliphatic carbocycles. The number of benzene rings is 1. The Hall–Kier alpha value is -1.63. The maximum atomic E-state index is 12.2. The molecule has 118 valence electrons. The summed E-state index contributed by atoms with van der Waals surface area (Å²) in [5, 5.41) is 18.1. The van der Waals surface area contributed by atoms with Crippen LogP contribution in [0, 0.1) is 5.92 Å². The highest BCUT2D eigenvalue weighted by atomic mass is 35.5. The van der Waals surface area contributed by atoms with Crippen LogP contribution in [0.2, 0.25) is 0 Å². The van der Waals surface area contributed by atoms with Crippen LogP contribution in [0.15, 0.2) is 29.6 Å². The van der Waals surface area contributed by atoms with Crippen molar-refractivity contribution in [3.05, 3.63) is 29.6 Å². The Labute approximate surface area is 139 Å². The number of anilines is 1. The first-order valence-electron chi connectivity index (χ1n) is 6.99. The van der Waals surface area contributed by atoms with Gasteiger partial charge in [0.25, 0.3) is 0 Å². The van der Waals surface area contributed by atoms with E-state index < -0.39 is 0 Å². The Bertz CT molecular complexity index is 641. The molecule has 1 fully saturated rings. The first-order chi connectivity index (χ1) is 10.2. The summed E-state index contributed by atoms with van der Waals surface area (Å²) in [5.41, 5.74) is 1.60. The summed E-state index contributed by atoms with van der Waals surface area (Å²) < 4.78 is 0. The number of hydrogen-bond acceptors (Lipinski definition) is 5. The van der Waals surface area contributed by atoms with Gasteiger partial charge in [-0.1, -0.05) is 12.1 Å². The summed E-state index contributed by atoms with van der Waals surface area (Å²) in [6.45, 7) is 1.79. The summed E-state index contributed by atoms with van der Waals surface area (Å²) in [4.78, 5) is 16.6. The van der Waals surface area contributed by atoms with Gasteiger partial charge in [-0.2, -0.15) is 0 Å². The number of nitrogens with one attached hydrogen (secondary N) is 2. The molecule has 0 saturated carbocycles. The van der Waals surface area contributed by atoms with Crippen molar-refractivity contribution in [1.82, 2.24) is 10.3 Å². The molecule has 0 atom stereocenters. The van der Waals surface area contributed by atoms with E-state index in [-0.39, 0.29) is 30.0 Å². The zero-order valence-electron chi connectivity index (χ0n) is 11.9. The number of carbonyl (C=O) groups excluding carboxylic acids is 1. The highest BCUT2D eigenvalue weighted by molar-refractivity contribution is 7.14. The number of thiazole rings is 1. The van der Waals surface area contributed by atoms with Gasteiger partial charge in [0.1, 0.15) is 5.75 Å². The Balaban J connectivity index is 0.00000176. The first kappa shape index (κ1) is 16.7. The fourth-order valence-corrected chi connectivity index (χ4v) is 3.14. The number of nitrogens with zero attached hydrogens (tertiary/aromatic N) is 1. The van der Waals surface area contributed by atoms with Gasteiger partial charge in [0, 0.05) is 16.9 Å². The molecule has 22 heavy (non-hydrogen) atoms. The number of aromatic nitrogens is 1. The average molecular weight is 340 g/mol. The van der Waals surface area contributed by atoms with Crippen molar-refractivity contribution >= 4 is 34.8 Å². The molecule has 3 N–H and O–H groups in total. The lowest BCUT2D eigenvalue weighted by Crippen LogP contribution is -2.34. The molecule has 0 spiro atoms. The predicted molar refractivity (Wildman–Crippen MR) is 90.7 cm³/mol. The van der Waals surface area contributed by atoms with E-state index in [9.17, 15) is 9.90 Å². The number of piperidine rings is 1. The third kappa shape index (κ3) is 3.97. The number of rotatable bonds is 3. The minimum Gasteiger partial charge on any atom is -0.508 e. The van der Waals surface area contributed by atoms with E-state index >= 15 is 0 Å². The van der Waals surface area contributed by atoms with E-state index in [2.05, 4.69) is 15.6 Å². The van der Waals surface area contributed by atoms with E-state index in [4.69, 9.17) is 0 Å². The first-order valence-corrected chi connectivity index (χ1v) is 7.87. The van der Waals surface area contributed by atoms with Crippen LogP contribution in [0.1, 0.15) is 12.8 Å². The Kier molecular flexibility index (Phi) is 5.76. The number of carbonyl (C=O) groups is 1. The Morgan fingerprint density at radius 3 is 2.86 bits per heavy atom. The van der Waals surface area contributed by atoms with Crippen LogP contribution in [0.5, 0.6) is 5.75 Å². The van der Waals surface area contributed by atoms with Crippen LogP contribution in [0.4, 0.5) is 5.13 Å². The summed E-state index contributed by atoms with van der Waals surface area (Å²) in [6, 6.07) is 6.94. The van der Waals surface area contributed by atoms with Gasteiger partial charge in [0.15, 0.2) is 5.13 Å². The van der Waals surface area contributed by atoms with E-state index in [1.54, 1.807) is 18.2 Å². The lowest BCUT2D eigenvalue weighted by atomic mass is 9.97. The summed E-state index contributed by atoms with van der Waals surface area (Å²) in [6.07, 6.45) is 1.74. The highest BCUT2D eigenvalue weighted by Gasteiger charge is 2.21. The van der Waals surface area contributed by atoms with Crippen LogP contribution in [-0.4, -0.2) is 29.1 Å². The van der Waals surface area contributed by atoms with Gasteiger partial charge in [-0.15, -0.1) is 23.7 Å². The van der Waals surface area contributed by atoms with Crippen molar-refractivity contribution in [3.63, 3.8) is 0 Å². The molecule has 1 aromatic heterocycles. The lowest BCUT2D eigenvalue weighted by molar-refractivity contribution is -0.120. The van der Waals surface area contributed by atoms with Crippen molar-refractivity contribution in [1.29, 1.82) is 0 Å². The third-order valence-corrected chi connectivity index (χ3v) is 4.34. The molecule has 7 heteroatoms. The molecule has 5 nitrogen and oxygen atoms in total. The SMILES string of the molecule is Cl.O=C(Nc1nc(-c2cccc(O)c2)cs1)C1CCNCC1. The maximum Gasteiger partial charge on any atom is 0.229 e. The van der Waals surface area contributed by atoms with E-state index in [0.29, 0.717) is 5.13 Å². The Morgan fingerprint density at radius 1 is 1.36 bits per heavy atom. The smallest absolute Gasteiger partial charge is 0.229 e. The monoisotopic (exact) mass is 339 g/mol. The molecule has 1 aromatic carbocycles. The number of aromatic hydroxyl groups is 1. The van der Waals surface area contributed by atoms with Crippen LogP contribution in [0.25, 0.3) is 11.3 Å². The van der Waals surface area contributed by atoms with Crippen molar-refractivity contribution in [2.24, 2.45) is 5.92 Å². The number of hydrogen-bond donors (Lipinski definition) is 3. The number of amides is 1. The number of phenolic OH excluding ortho intramolecular Hbond substituents is 1. The molecular formula is C15H18ClN3O2S. The standard InChI is InChI=1S/C15H17N3O2S.ClH/c19-12-3-1-2-11(8-12)13-9-21-15(17-13)18-14(20)10-4-6-16-7-5-10;/h1-3,8-10,16,19H,4-7H2,(H,17,18,20);1H. The molecule has 0 bridgehead atoms. The normalized spacial score (nSPS) is 15.1. The van der Waals surface area contributed by atoms with Crippen LogP contribution >= 0.6 is 23.7 Å². The zero-order chi connectivity index (χ0) is 14.7. The molecule has 0 unspecified atom stereocenters. The van der Waals surface area contributed by atoms with Crippen molar-refractivity contribution in [2.75, 3.05) is 18.4 Å². The molecule has 1 amide bonds. The van der Waals surface area contributed by atoms with Gasteiger partial charge in [-0.3, -0.25) is 4.79 Å². The van der Waals surface area contributed by atoms with Crippen molar-refractivity contribution < 1.29 is 9.90 Å². The van der Waals surface area contributed by atoms with Gasteiger partial charge >= 0.3 is 0 Å². The fraction of sp³-hybridized carbons (Fsp3) is 0.333. The zero-order valence-corrected chi connectivity index (χ0v) is 13.5. The maximum absolute atomic E-state index is 12.2. The molecule has 2 heterocycles. The van der Waals surface area contributed by atoms with Crippen molar-refractivity contribution in [3.8, 4) is 17.0 Å². The van der Waals surface area contributed by atoms with Crippen LogP contribution in [0.3, 0.4) is 0 Å². The Morgan fingerprint density at radius 2 is 2.14 bits per heavy atom. The van der Waals surface area contributed by atoms with E-state index in [1.165, 1.54) is 11.3 Å². The predicted octanol–water partition coefficient (Wildman–Crippen LogP) is 2.88. The quantitative estimate of drug-likeness (QED) is 0.804. The molecular weight excluding hydrogens is 322 g/mol. The van der Waals surface area contributed by atoms with Crippen LogP contribution < -0.4 is 10.6 Å². The molecule has 0 radical (unpaired) electrons. The molecule has 1 aliphatic heterocycles. The van der Waals surface area contributed by atoms with Gasteiger partial charge in [0.05, 0.1) is 5.69 Å². The molecule has 3 rings (SSSR count). The fourth-order valence-electron chi connectivity index (χ4n) is 2.42. The number of phenols is 1.